The molecule has 0 aliphatic rings. The fraction of sp³-hybridized carbons (Fsp3) is 0.235. The topological polar surface area (TPSA) is 42.2 Å². The molecule has 2 aromatic carbocycles. The van der Waals surface area contributed by atoms with Gasteiger partial charge in [-0.3, -0.25) is 0 Å². The summed E-state index contributed by atoms with van der Waals surface area (Å²) in [6.45, 7) is 0. The van der Waals surface area contributed by atoms with Crippen molar-refractivity contribution in [2.24, 2.45) is 0 Å². The van der Waals surface area contributed by atoms with Crippen molar-refractivity contribution in [1.82, 2.24) is 0 Å². The average Bonchev–Trinajstić information content (AvgIpc) is 2.54. The lowest BCUT2D eigenvalue weighted by molar-refractivity contribution is 0.390. The van der Waals surface area contributed by atoms with Gasteiger partial charge in [-0.05, 0) is 24.6 Å². The Balaban J connectivity index is 2.39. The van der Waals surface area contributed by atoms with Crippen LogP contribution in [0.1, 0.15) is 17.0 Å². The molecule has 0 fully saturated rings. The van der Waals surface area contributed by atoms with Gasteiger partial charge < -0.3 is 9.47 Å². The molecule has 0 saturated carbocycles. The number of benzene rings is 2. The predicted molar refractivity (Wildman–Crippen MR) is 83.0 cm³/mol. The van der Waals surface area contributed by atoms with E-state index in [1.54, 1.807) is 31.4 Å². The van der Waals surface area contributed by atoms with E-state index in [-0.39, 0.29) is 6.42 Å². The van der Waals surface area contributed by atoms with Crippen LogP contribution in [0.25, 0.3) is 0 Å². The summed E-state index contributed by atoms with van der Waals surface area (Å²) in [5.74, 6) is 0.162. The second kappa shape index (κ2) is 7.15. The fourth-order valence-corrected chi connectivity index (χ4v) is 2.50. The van der Waals surface area contributed by atoms with Crippen molar-refractivity contribution >= 4 is 11.6 Å². The second-order valence-electron chi connectivity index (χ2n) is 4.69. The number of ether oxygens (including phenoxy) is 2. The molecular weight excluding hydrogens is 305 g/mol. The molecule has 2 aromatic rings. The Kier molecular flexibility index (Phi) is 5.24. The molecule has 0 aromatic heterocycles. The van der Waals surface area contributed by atoms with E-state index in [4.69, 9.17) is 21.1 Å². The maximum atomic E-state index is 13.9. The van der Waals surface area contributed by atoms with Crippen LogP contribution in [-0.4, -0.2) is 14.2 Å². The van der Waals surface area contributed by atoms with E-state index < -0.39 is 11.7 Å². The summed E-state index contributed by atoms with van der Waals surface area (Å²) in [7, 11) is 3.07. The zero-order valence-electron chi connectivity index (χ0n) is 12.3. The molecular formula is C17H15ClFNO2. The molecule has 114 valence electrons. The van der Waals surface area contributed by atoms with Crippen LogP contribution in [0, 0.1) is 17.1 Å². The van der Waals surface area contributed by atoms with Gasteiger partial charge in [-0.2, -0.15) is 5.26 Å². The Bertz CT molecular complexity index is 692. The molecule has 22 heavy (non-hydrogen) atoms. The monoisotopic (exact) mass is 319 g/mol. The van der Waals surface area contributed by atoms with Crippen LogP contribution in [0.4, 0.5) is 4.39 Å². The van der Waals surface area contributed by atoms with Crippen LogP contribution in [0.15, 0.2) is 36.4 Å². The smallest absolute Gasteiger partial charge is 0.127 e. The van der Waals surface area contributed by atoms with Crippen molar-refractivity contribution in [3.8, 4) is 17.6 Å². The highest BCUT2D eigenvalue weighted by molar-refractivity contribution is 6.31. The molecule has 3 nitrogen and oxygen atoms in total. The van der Waals surface area contributed by atoms with Gasteiger partial charge in [0, 0.05) is 22.2 Å². The summed E-state index contributed by atoms with van der Waals surface area (Å²) < 4.78 is 24.4. The first-order valence-corrected chi connectivity index (χ1v) is 7.03. The van der Waals surface area contributed by atoms with Crippen LogP contribution < -0.4 is 9.47 Å². The molecule has 0 radical (unpaired) electrons. The lowest BCUT2D eigenvalue weighted by Gasteiger charge is -2.16. The van der Waals surface area contributed by atoms with Crippen molar-refractivity contribution in [3.05, 3.63) is 58.4 Å². The third-order valence-corrected chi connectivity index (χ3v) is 3.80. The summed E-state index contributed by atoms with van der Waals surface area (Å²) in [6.07, 6.45) is 0.171. The maximum absolute atomic E-state index is 13.9. The van der Waals surface area contributed by atoms with Gasteiger partial charge in [0.05, 0.1) is 26.2 Å². The standard InChI is InChI=1S/C17H15ClFNO2/c1-21-12-6-7-13(17(9-12)22-2)11(10-20)8-14-15(18)4-3-5-16(14)19/h3-7,9,11H,8H2,1-2H3. The van der Waals surface area contributed by atoms with Gasteiger partial charge in [0.25, 0.3) is 0 Å². The molecule has 1 unspecified atom stereocenters. The Hall–Kier alpha value is -2.25. The molecule has 0 amide bonds. The van der Waals surface area contributed by atoms with E-state index in [2.05, 4.69) is 6.07 Å². The summed E-state index contributed by atoms with van der Waals surface area (Å²) >= 11 is 6.04. The van der Waals surface area contributed by atoms with E-state index in [0.29, 0.717) is 27.6 Å². The van der Waals surface area contributed by atoms with Crippen LogP contribution in [-0.2, 0) is 6.42 Å². The minimum Gasteiger partial charge on any atom is -0.497 e. The SMILES string of the molecule is COc1ccc(C(C#N)Cc2c(F)cccc2Cl)c(OC)c1. The van der Waals surface area contributed by atoms with Crippen LogP contribution >= 0.6 is 11.6 Å². The lowest BCUT2D eigenvalue weighted by atomic mass is 9.92. The van der Waals surface area contributed by atoms with Crippen molar-refractivity contribution in [2.75, 3.05) is 14.2 Å². The highest BCUT2D eigenvalue weighted by atomic mass is 35.5. The number of nitriles is 1. The van der Waals surface area contributed by atoms with Gasteiger partial charge in [-0.25, -0.2) is 4.39 Å². The average molecular weight is 320 g/mol. The Labute approximate surface area is 133 Å². The van der Waals surface area contributed by atoms with Crippen LogP contribution in [0.3, 0.4) is 0 Å². The summed E-state index contributed by atoms with van der Waals surface area (Å²) in [5.41, 5.74) is 0.999. The predicted octanol–water partition coefficient (Wildman–Crippen LogP) is 4.35. The fourth-order valence-electron chi connectivity index (χ4n) is 2.26. The number of halogens is 2. The van der Waals surface area contributed by atoms with E-state index >= 15 is 0 Å². The quantitative estimate of drug-likeness (QED) is 0.823. The normalized spacial score (nSPS) is 11.6. The number of methoxy groups -OCH3 is 2. The minimum atomic E-state index is -0.574. The van der Waals surface area contributed by atoms with E-state index in [0.717, 1.165) is 0 Å². The summed E-state index contributed by atoms with van der Waals surface area (Å²) in [6, 6.07) is 11.9. The number of rotatable bonds is 5. The molecule has 0 bridgehead atoms. The molecule has 1 atom stereocenters. The van der Waals surface area contributed by atoms with E-state index in [1.165, 1.54) is 19.2 Å². The van der Waals surface area contributed by atoms with Crippen molar-refractivity contribution in [2.45, 2.75) is 12.3 Å². The number of hydrogen-bond donors (Lipinski definition) is 0. The molecule has 0 heterocycles. The minimum absolute atomic E-state index is 0.171. The second-order valence-corrected chi connectivity index (χ2v) is 5.10. The largest absolute Gasteiger partial charge is 0.497 e. The zero-order valence-corrected chi connectivity index (χ0v) is 13.0. The summed E-state index contributed by atoms with van der Waals surface area (Å²) in [4.78, 5) is 0. The third kappa shape index (κ3) is 3.32. The molecule has 2 rings (SSSR count). The molecule has 5 heteroatoms. The number of hydrogen-bond acceptors (Lipinski definition) is 3. The Morgan fingerprint density at radius 2 is 2.00 bits per heavy atom. The first-order valence-electron chi connectivity index (χ1n) is 6.65. The number of nitrogens with zero attached hydrogens (tertiary/aromatic N) is 1. The van der Waals surface area contributed by atoms with Gasteiger partial charge in [-0.15, -0.1) is 0 Å². The maximum Gasteiger partial charge on any atom is 0.127 e. The van der Waals surface area contributed by atoms with E-state index in [1.807, 2.05) is 0 Å². The van der Waals surface area contributed by atoms with Crippen molar-refractivity contribution in [3.63, 3.8) is 0 Å². The van der Waals surface area contributed by atoms with E-state index in [9.17, 15) is 9.65 Å². The van der Waals surface area contributed by atoms with Crippen LogP contribution in [0.2, 0.25) is 5.02 Å². The highest BCUT2D eigenvalue weighted by Crippen LogP contribution is 2.34. The lowest BCUT2D eigenvalue weighted by Crippen LogP contribution is -2.05. The molecule has 0 aliphatic heterocycles. The molecule has 0 N–H and O–H groups in total. The first-order chi connectivity index (χ1) is 10.6. The molecule has 0 spiro atoms. The summed E-state index contributed by atoms with van der Waals surface area (Å²) in [5, 5.41) is 9.78. The highest BCUT2D eigenvalue weighted by Gasteiger charge is 2.20. The van der Waals surface area contributed by atoms with Crippen molar-refractivity contribution in [1.29, 1.82) is 5.26 Å². The van der Waals surface area contributed by atoms with Crippen molar-refractivity contribution < 1.29 is 13.9 Å². The Morgan fingerprint density at radius 3 is 2.59 bits per heavy atom. The van der Waals surface area contributed by atoms with Crippen LogP contribution in [0.5, 0.6) is 11.5 Å². The van der Waals surface area contributed by atoms with Gasteiger partial charge in [0.15, 0.2) is 0 Å². The van der Waals surface area contributed by atoms with Gasteiger partial charge >= 0.3 is 0 Å². The Morgan fingerprint density at radius 1 is 1.23 bits per heavy atom. The zero-order chi connectivity index (χ0) is 16.1. The molecule has 0 aliphatic carbocycles. The third-order valence-electron chi connectivity index (χ3n) is 3.44. The van der Waals surface area contributed by atoms with Gasteiger partial charge in [-0.1, -0.05) is 23.7 Å². The first kappa shape index (κ1) is 16.1. The molecule has 0 saturated heterocycles. The van der Waals surface area contributed by atoms with Gasteiger partial charge in [0.2, 0.25) is 0 Å². The van der Waals surface area contributed by atoms with Gasteiger partial charge in [0.1, 0.15) is 17.3 Å².